The summed E-state index contributed by atoms with van der Waals surface area (Å²) in [6.45, 7) is 0. The maximum Gasteiger partial charge on any atom is 0.311 e. The van der Waals surface area contributed by atoms with Crippen LogP contribution in [0.3, 0.4) is 0 Å². The largest absolute Gasteiger partial charge is 0.481 e. The van der Waals surface area contributed by atoms with Crippen molar-refractivity contribution in [3.05, 3.63) is 50.4 Å². The molecule has 0 unspecified atom stereocenters. The van der Waals surface area contributed by atoms with E-state index in [1.165, 1.54) is 12.1 Å². The van der Waals surface area contributed by atoms with E-state index in [2.05, 4.69) is 0 Å². The smallest absolute Gasteiger partial charge is 0.311 e. The zero-order valence-corrected chi connectivity index (χ0v) is 8.95. The van der Waals surface area contributed by atoms with Crippen molar-refractivity contribution in [3.8, 4) is 0 Å². The van der Waals surface area contributed by atoms with E-state index in [1.807, 2.05) is 0 Å². The topological polar surface area (TPSA) is 111 Å². The number of hydrogen-bond acceptors (Lipinski definition) is 5. The normalized spacial score (nSPS) is 10.4. The van der Waals surface area contributed by atoms with Crippen LogP contribution in [-0.4, -0.2) is 16.0 Å². The molecule has 0 aliphatic carbocycles. The third-order valence-corrected chi connectivity index (χ3v) is 2.30. The molecule has 0 saturated carbocycles. The molecule has 0 aliphatic rings. The van der Waals surface area contributed by atoms with E-state index in [9.17, 15) is 19.7 Å². The van der Waals surface area contributed by atoms with Crippen LogP contribution in [0.25, 0.3) is 11.0 Å². The summed E-state index contributed by atoms with van der Waals surface area (Å²) in [4.78, 5) is 32.1. The van der Waals surface area contributed by atoms with Crippen LogP contribution in [-0.2, 0) is 11.2 Å². The molecule has 1 N–H and O–H groups in total. The number of carboxylic acids is 1. The number of fused-ring (bicyclic) bond motifs is 1. The minimum absolute atomic E-state index is 0.00820. The highest BCUT2D eigenvalue weighted by Crippen LogP contribution is 2.19. The Labute approximate surface area is 99.4 Å². The summed E-state index contributed by atoms with van der Waals surface area (Å²) in [5.74, 6) is -1.12. The number of benzene rings is 1. The van der Waals surface area contributed by atoms with Crippen molar-refractivity contribution in [1.29, 1.82) is 0 Å². The summed E-state index contributed by atoms with van der Waals surface area (Å²) in [7, 11) is 0. The Kier molecular flexibility index (Phi) is 2.80. The predicted molar refractivity (Wildman–Crippen MR) is 60.5 cm³/mol. The van der Waals surface area contributed by atoms with Gasteiger partial charge in [0.15, 0.2) is 5.43 Å². The summed E-state index contributed by atoms with van der Waals surface area (Å²) in [5.41, 5.74) is -0.596. The molecule has 0 spiro atoms. The van der Waals surface area contributed by atoms with Gasteiger partial charge < -0.3 is 9.52 Å². The molecule has 0 radical (unpaired) electrons. The van der Waals surface area contributed by atoms with Crippen LogP contribution in [0.15, 0.2) is 33.5 Å². The van der Waals surface area contributed by atoms with Crippen molar-refractivity contribution >= 4 is 22.6 Å². The molecule has 7 heteroatoms. The molecule has 0 saturated heterocycles. The molecule has 7 nitrogen and oxygen atoms in total. The minimum Gasteiger partial charge on any atom is -0.481 e. The Balaban J connectivity index is 2.62. The lowest BCUT2D eigenvalue weighted by molar-refractivity contribution is -0.384. The van der Waals surface area contributed by atoms with Gasteiger partial charge in [-0.3, -0.25) is 19.7 Å². The van der Waals surface area contributed by atoms with Gasteiger partial charge in [-0.05, 0) is 6.07 Å². The summed E-state index contributed by atoms with van der Waals surface area (Å²) in [5, 5.41) is 19.2. The first kappa shape index (κ1) is 11.8. The maximum atomic E-state index is 11.7. The molecule has 1 heterocycles. The van der Waals surface area contributed by atoms with Crippen molar-refractivity contribution in [2.45, 2.75) is 6.42 Å². The van der Waals surface area contributed by atoms with Crippen LogP contribution in [0.2, 0.25) is 0 Å². The Morgan fingerprint density at radius 3 is 2.72 bits per heavy atom. The first-order valence-corrected chi connectivity index (χ1v) is 4.90. The van der Waals surface area contributed by atoms with E-state index in [0.29, 0.717) is 0 Å². The number of carbonyl (C=O) groups is 1. The van der Waals surface area contributed by atoms with E-state index in [1.54, 1.807) is 0 Å². The van der Waals surface area contributed by atoms with Crippen molar-refractivity contribution in [2.24, 2.45) is 0 Å². The average molecular weight is 249 g/mol. The van der Waals surface area contributed by atoms with Gasteiger partial charge in [0.2, 0.25) is 0 Å². The molecule has 1 aromatic heterocycles. The van der Waals surface area contributed by atoms with Crippen LogP contribution in [0.5, 0.6) is 0 Å². The maximum absolute atomic E-state index is 11.7. The van der Waals surface area contributed by atoms with Gasteiger partial charge >= 0.3 is 5.97 Å². The van der Waals surface area contributed by atoms with Gasteiger partial charge in [-0.2, -0.15) is 0 Å². The summed E-state index contributed by atoms with van der Waals surface area (Å²) >= 11 is 0. The number of rotatable bonds is 3. The third-order valence-electron chi connectivity index (χ3n) is 2.30. The Morgan fingerprint density at radius 1 is 1.39 bits per heavy atom. The highest BCUT2D eigenvalue weighted by molar-refractivity contribution is 5.79. The van der Waals surface area contributed by atoms with E-state index in [0.717, 1.165) is 12.1 Å². The highest BCUT2D eigenvalue weighted by Gasteiger charge is 2.12. The fourth-order valence-electron chi connectivity index (χ4n) is 1.54. The average Bonchev–Trinajstić information content (AvgIpc) is 2.27. The first-order valence-electron chi connectivity index (χ1n) is 4.90. The van der Waals surface area contributed by atoms with Gasteiger partial charge in [0.05, 0.1) is 10.3 Å². The number of nitro benzene ring substituents is 1. The molecular weight excluding hydrogens is 242 g/mol. The number of nitro groups is 1. The van der Waals surface area contributed by atoms with Gasteiger partial charge in [0, 0.05) is 18.2 Å². The predicted octanol–water partition coefficient (Wildman–Crippen LogP) is 1.33. The number of nitrogens with zero attached hydrogens (tertiary/aromatic N) is 1. The fourth-order valence-corrected chi connectivity index (χ4v) is 1.54. The standard InChI is InChI=1S/C11H7NO6/c13-9-4-7(5-11(14)15)18-10-2-1-6(12(16)17)3-8(9)10/h1-4H,5H2,(H,14,15). The van der Waals surface area contributed by atoms with Gasteiger partial charge in [-0.1, -0.05) is 0 Å². The molecule has 0 atom stereocenters. The van der Waals surface area contributed by atoms with Crippen LogP contribution in [0, 0.1) is 10.1 Å². The van der Waals surface area contributed by atoms with Gasteiger partial charge in [-0.25, -0.2) is 0 Å². The monoisotopic (exact) mass is 249 g/mol. The molecule has 18 heavy (non-hydrogen) atoms. The SMILES string of the molecule is O=C(O)Cc1cc(=O)c2cc([N+](=O)[O-])ccc2o1. The van der Waals surface area contributed by atoms with E-state index in [-0.39, 0.29) is 22.4 Å². The van der Waals surface area contributed by atoms with Crippen LogP contribution in [0.4, 0.5) is 5.69 Å². The van der Waals surface area contributed by atoms with Crippen LogP contribution < -0.4 is 5.43 Å². The molecular formula is C11H7NO6. The molecule has 1 aromatic carbocycles. The second-order valence-electron chi connectivity index (χ2n) is 3.59. The molecule has 0 amide bonds. The molecule has 0 aliphatic heterocycles. The number of carboxylic acid groups (broad SMARTS) is 1. The Hall–Kier alpha value is -2.70. The van der Waals surface area contributed by atoms with Crippen LogP contribution >= 0.6 is 0 Å². The molecule has 0 bridgehead atoms. The number of aliphatic carboxylic acids is 1. The summed E-state index contributed by atoms with van der Waals surface area (Å²) < 4.78 is 5.18. The zero-order valence-electron chi connectivity index (χ0n) is 8.95. The van der Waals surface area contributed by atoms with Crippen molar-refractivity contribution in [2.75, 3.05) is 0 Å². The highest BCUT2D eigenvalue weighted by atomic mass is 16.6. The molecule has 0 fully saturated rings. The van der Waals surface area contributed by atoms with Crippen molar-refractivity contribution in [1.82, 2.24) is 0 Å². The van der Waals surface area contributed by atoms with Crippen molar-refractivity contribution < 1.29 is 19.2 Å². The van der Waals surface area contributed by atoms with E-state index >= 15 is 0 Å². The van der Waals surface area contributed by atoms with Gasteiger partial charge in [0.1, 0.15) is 17.8 Å². The quantitative estimate of drug-likeness (QED) is 0.648. The van der Waals surface area contributed by atoms with Gasteiger partial charge in [-0.15, -0.1) is 0 Å². The molecule has 2 aromatic rings. The Morgan fingerprint density at radius 2 is 2.11 bits per heavy atom. The number of hydrogen-bond donors (Lipinski definition) is 1. The Bertz CT molecular complexity index is 702. The van der Waals surface area contributed by atoms with E-state index < -0.39 is 22.7 Å². The second-order valence-corrected chi connectivity index (χ2v) is 3.59. The lowest BCUT2D eigenvalue weighted by Gasteiger charge is -2.00. The zero-order chi connectivity index (χ0) is 13.3. The fraction of sp³-hybridized carbons (Fsp3) is 0.0909. The lowest BCUT2D eigenvalue weighted by atomic mass is 10.2. The molecule has 92 valence electrons. The summed E-state index contributed by atoms with van der Waals surface area (Å²) in [6, 6.07) is 4.60. The van der Waals surface area contributed by atoms with Crippen molar-refractivity contribution in [3.63, 3.8) is 0 Å². The lowest BCUT2D eigenvalue weighted by Crippen LogP contribution is -2.06. The van der Waals surface area contributed by atoms with Gasteiger partial charge in [0.25, 0.3) is 5.69 Å². The number of non-ortho nitro benzene ring substituents is 1. The van der Waals surface area contributed by atoms with E-state index in [4.69, 9.17) is 9.52 Å². The first-order chi connectivity index (χ1) is 8.47. The summed E-state index contributed by atoms with van der Waals surface area (Å²) in [6.07, 6.45) is -0.415. The second kappa shape index (κ2) is 4.28. The minimum atomic E-state index is -1.13. The van der Waals surface area contributed by atoms with Crippen LogP contribution in [0.1, 0.15) is 5.76 Å². The third kappa shape index (κ3) is 2.19. The molecule has 2 rings (SSSR count).